The molecule has 0 aliphatic carbocycles. The molecule has 2 heterocycles. The number of hydrogen-bond donors (Lipinski definition) is 3. The van der Waals surface area contributed by atoms with Crippen molar-refractivity contribution < 1.29 is 36.6 Å². The predicted octanol–water partition coefficient (Wildman–Crippen LogP) is 5.13. The number of benzene rings is 2. The highest BCUT2D eigenvalue weighted by molar-refractivity contribution is 7.91. The Labute approximate surface area is 208 Å². The molecule has 0 saturated carbocycles. The van der Waals surface area contributed by atoms with E-state index < -0.39 is 27.5 Å². The van der Waals surface area contributed by atoms with E-state index in [2.05, 4.69) is 20.1 Å². The third-order valence-electron chi connectivity index (χ3n) is 6.76. The van der Waals surface area contributed by atoms with Crippen molar-refractivity contribution in [2.24, 2.45) is 5.92 Å². The lowest BCUT2D eigenvalue weighted by Crippen LogP contribution is -2.34. The molecular weight excluding hydrogens is 494 g/mol. The van der Waals surface area contributed by atoms with Gasteiger partial charge in [-0.1, -0.05) is 19.9 Å². The van der Waals surface area contributed by atoms with Gasteiger partial charge in [0.25, 0.3) is 0 Å². The van der Waals surface area contributed by atoms with Gasteiger partial charge in [-0.3, -0.25) is 4.79 Å². The molecule has 36 heavy (non-hydrogen) atoms. The summed E-state index contributed by atoms with van der Waals surface area (Å²) in [5.41, 5.74) is 1.92. The van der Waals surface area contributed by atoms with Crippen LogP contribution < -0.4 is 20.1 Å². The molecule has 2 aliphatic rings. The second-order valence-electron chi connectivity index (χ2n) is 10.1. The van der Waals surface area contributed by atoms with E-state index in [0.717, 1.165) is 5.56 Å². The molecule has 2 aromatic rings. The Hall–Kier alpha value is -3.08. The molecule has 0 radical (unpaired) electrons. The molecule has 1 fully saturated rings. The van der Waals surface area contributed by atoms with Crippen LogP contribution in [-0.2, 0) is 20.0 Å². The Morgan fingerprint density at radius 2 is 1.78 bits per heavy atom. The minimum absolute atomic E-state index is 0.0330. The monoisotopic (exact) mass is 524 g/mol. The Bertz CT molecular complexity index is 1250. The van der Waals surface area contributed by atoms with E-state index in [9.17, 15) is 27.1 Å². The van der Waals surface area contributed by atoms with Crippen molar-refractivity contribution in [2.45, 2.75) is 57.8 Å². The lowest BCUT2D eigenvalue weighted by molar-refractivity contribution is -0.286. The molecule has 1 unspecified atom stereocenters. The number of nitrogens with one attached hydrogen (secondary N) is 2. The van der Waals surface area contributed by atoms with E-state index in [1.807, 2.05) is 39.0 Å². The second-order valence-corrected chi connectivity index (χ2v) is 12.4. The molecule has 196 valence electrons. The summed E-state index contributed by atoms with van der Waals surface area (Å²) < 4.78 is 59.6. The van der Waals surface area contributed by atoms with Crippen LogP contribution in [0.3, 0.4) is 0 Å². The SMILES string of the molecule is CC(Nc1ccc(C(C)(C)CC(=O)O)cc1Nc1ccc2c(c1)OC(F)(F)O2)C1CCS(=O)(=O)CC1. The number of fused-ring (bicyclic) bond motifs is 1. The van der Waals surface area contributed by atoms with E-state index >= 15 is 0 Å². The summed E-state index contributed by atoms with van der Waals surface area (Å²) in [5.74, 6) is -0.593. The first-order valence-electron chi connectivity index (χ1n) is 11.7. The molecule has 11 heteroatoms. The van der Waals surface area contributed by atoms with Crippen molar-refractivity contribution in [1.29, 1.82) is 0 Å². The number of rotatable bonds is 8. The number of carbonyl (C=O) groups is 1. The van der Waals surface area contributed by atoms with Gasteiger partial charge in [0.05, 0.1) is 29.3 Å². The lowest BCUT2D eigenvalue weighted by atomic mass is 9.81. The van der Waals surface area contributed by atoms with Crippen LogP contribution in [0.1, 0.15) is 45.6 Å². The molecular formula is C25H30F2N2O6S. The largest absolute Gasteiger partial charge is 0.586 e. The zero-order valence-electron chi connectivity index (χ0n) is 20.3. The standard InChI is InChI=1S/C25H30F2N2O6S/c1-15(16-8-10-36(32,33)11-9-16)28-19-6-4-17(24(2,3)14-23(30)31)12-20(19)29-18-5-7-21-22(13-18)35-25(26,27)34-21/h4-7,12-13,15-16,28-29H,8-11,14H2,1-3H3,(H,30,31). The maximum absolute atomic E-state index is 13.5. The van der Waals surface area contributed by atoms with Gasteiger partial charge < -0.3 is 25.2 Å². The van der Waals surface area contributed by atoms with Crippen molar-refractivity contribution in [2.75, 3.05) is 22.1 Å². The van der Waals surface area contributed by atoms with Gasteiger partial charge in [-0.25, -0.2) is 8.42 Å². The van der Waals surface area contributed by atoms with Crippen molar-refractivity contribution in [3.05, 3.63) is 42.0 Å². The van der Waals surface area contributed by atoms with Crippen LogP contribution >= 0.6 is 0 Å². The van der Waals surface area contributed by atoms with E-state index in [1.54, 1.807) is 6.07 Å². The first kappa shape index (κ1) is 26.0. The highest BCUT2D eigenvalue weighted by atomic mass is 32.2. The molecule has 4 rings (SSSR count). The Morgan fingerprint density at radius 3 is 2.44 bits per heavy atom. The van der Waals surface area contributed by atoms with E-state index in [-0.39, 0.29) is 41.4 Å². The maximum atomic E-state index is 13.5. The van der Waals surface area contributed by atoms with E-state index in [0.29, 0.717) is 29.9 Å². The fraction of sp³-hybridized carbons (Fsp3) is 0.480. The second kappa shape index (κ2) is 9.42. The van der Waals surface area contributed by atoms with Crippen LogP contribution in [0.4, 0.5) is 25.8 Å². The molecule has 3 N–H and O–H groups in total. The van der Waals surface area contributed by atoms with Crippen molar-refractivity contribution >= 4 is 32.9 Å². The van der Waals surface area contributed by atoms with Crippen molar-refractivity contribution in [3.8, 4) is 11.5 Å². The normalized spacial score (nSPS) is 19.5. The molecule has 2 aromatic carbocycles. The number of aliphatic carboxylic acids is 1. The molecule has 1 saturated heterocycles. The Kier molecular flexibility index (Phi) is 6.80. The number of sulfone groups is 1. The predicted molar refractivity (Wildman–Crippen MR) is 132 cm³/mol. The highest BCUT2D eigenvalue weighted by Crippen LogP contribution is 2.43. The number of carboxylic acids is 1. The Morgan fingerprint density at radius 1 is 1.11 bits per heavy atom. The molecule has 2 aliphatic heterocycles. The zero-order chi connectivity index (χ0) is 26.3. The molecule has 8 nitrogen and oxygen atoms in total. The Balaban J connectivity index is 1.62. The number of halogens is 2. The number of anilines is 3. The summed E-state index contributed by atoms with van der Waals surface area (Å²) in [6, 6.07) is 9.88. The number of alkyl halides is 2. The topological polar surface area (TPSA) is 114 Å². The van der Waals surface area contributed by atoms with Crippen molar-refractivity contribution in [3.63, 3.8) is 0 Å². The summed E-state index contributed by atoms with van der Waals surface area (Å²) >= 11 is 0. The summed E-state index contributed by atoms with van der Waals surface area (Å²) in [4.78, 5) is 11.4. The summed E-state index contributed by atoms with van der Waals surface area (Å²) in [6.07, 6.45) is -2.67. The van der Waals surface area contributed by atoms with Gasteiger partial charge in [0.15, 0.2) is 11.5 Å². The molecule has 0 bridgehead atoms. The van der Waals surface area contributed by atoms with E-state index in [1.165, 1.54) is 12.1 Å². The number of ether oxygens (including phenoxy) is 2. The lowest BCUT2D eigenvalue weighted by Gasteiger charge is -2.30. The van der Waals surface area contributed by atoms with Gasteiger partial charge in [-0.15, -0.1) is 8.78 Å². The van der Waals surface area contributed by atoms with Crippen molar-refractivity contribution in [1.82, 2.24) is 0 Å². The fourth-order valence-corrected chi connectivity index (χ4v) is 6.16. The minimum Gasteiger partial charge on any atom is -0.481 e. The summed E-state index contributed by atoms with van der Waals surface area (Å²) in [5, 5.41) is 16.0. The molecule has 0 aromatic heterocycles. The van der Waals surface area contributed by atoms with Crippen LogP contribution in [-0.4, -0.2) is 43.3 Å². The molecule has 0 spiro atoms. The maximum Gasteiger partial charge on any atom is 0.586 e. The third-order valence-corrected chi connectivity index (χ3v) is 8.48. The quantitative estimate of drug-likeness (QED) is 0.436. The van der Waals surface area contributed by atoms with Gasteiger partial charge in [-0.2, -0.15) is 0 Å². The van der Waals surface area contributed by atoms with Crippen LogP contribution in [0.2, 0.25) is 0 Å². The van der Waals surface area contributed by atoms with Crippen LogP contribution in [0.15, 0.2) is 36.4 Å². The first-order valence-corrected chi connectivity index (χ1v) is 13.6. The van der Waals surface area contributed by atoms with E-state index in [4.69, 9.17) is 0 Å². The van der Waals surface area contributed by atoms with Gasteiger partial charge in [0.2, 0.25) is 0 Å². The first-order chi connectivity index (χ1) is 16.7. The molecule has 1 atom stereocenters. The number of carboxylic acid groups (broad SMARTS) is 1. The minimum atomic E-state index is -3.72. The third kappa shape index (κ3) is 6.00. The van der Waals surface area contributed by atoms with Gasteiger partial charge >= 0.3 is 12.3 Å². The van der Waals surface area contributed by atoms with Crippen LogP contribution in [0, 0.1) is 5.92 Å². The molecule has 0 amide bonds. The van der Waals surface area contributed by atoms with Gasteiger partial charge in [-0.05, 0) is 55.5 Å². The fourth-order valence-electron chi connectivity index (χ4n) is 4.63. The summed E-state index contributed by atoms with van der Waals surface area (Å²) in [7, 11) is -2.98. The van der Waals surface area contributed by atoms with Crippen LogP contribution in [0.25, 0.3) is 0 Å². The number of hydrogen-bond acceptors (Lipinski definition) is 7. The summed E-state index contributed by atoms with van der Waals surface area (Å²) in [6.45, 7) is 5.67. The highest BCUT2D eigenvalue weighted by Gasteiger charge is 2.43. The van der Waals surface area contributed by atoms with Gasteiger partial charge in [0, 0.05) is 23.2 Å². The van der Waals surface area contributed by atoms with Gasteiger partial charge in [0.1, 0.15) is 9.84 Å². The average Bonchev–Trinajstić information content (AvgIpc) is 3.07. The van der Waals surface area contributed by atoms with Crippen LogP contribution in [0.5, 0.6) is 11.5 Å². The zero-order valence-corrected chi connectivity index (χ0v) is 21.1. The average molecular weight is 525 g/mol. The smallest absolute Gasteiger partial charge is 0.481 e.